The number of nitrogens with zero attached hydrogens (tertiary/aromatic N) is 1. The van der Waals surface area contributed by atoms with Crippen LogP contribution in [0.15, 0.2) is 66.9 Å². The van der Waals surface area contributed by atoms with Crippen LogP contribution < -0.4 is 10.6 Å². The van der Waals surface area contributed by atoms with Crippen LogP contribution in [0.4, 0.5) is 29.5 Å². The smallest absolute Gasteiger partial charge is 0.416 e. The van der Waals surface area contributed by atoms with Crippen LogP contribution in [0.2, 0.25) is 0 Å². The first kappa shape index (κ1) is 24.3. The standard InChI is InChI=1S/C26H24F3N3O3/c1-17(33)35-25(13-2-3-14-25)20-10-7-18(8-11-20)19-9-12-23(30-16-19)32-24(34)31-22-6-4-5-21(15-22)26(27,28)29/h4-12,15-16H,2-3,13-14H2,1H3,(H2,30,31,32,34). The highest BCUT2D eigenvalue weighted by atomic mass is 19.4. The molecule has 182 valence electrons. The van der Waals surface area contributed by atoms with Crippen LogP contribution in [-0.2, 0) is 21.3 Å². The minimum atomic E-state index is -4.50. The van der Waals surface area contributed by atoms with Gasteiger partial charge >= 0.3 is 18.2 Å². The molecule has 1 aliphatic rings. The maximum atomic E-state index is 12.8. The Labute approximate surface area is 200 Å². The van der Waals surface area contributed by atoms with Gasteiger partial charge in [0, 0.05) is 24.4 Å². The van der Waals surface area contributed by atoms with Gasteiger partial charge in [-0.25, -0.2) is 9.78 Å². The number of carbonyl (C=O) groups is 2. The molecule has 2 aromatic carbocycles. The van der Waals surface area contributed by atoms with Gasteiger partial charge in [-0.1, -0.05) is 30.3 Å². The highest BCUT2D eigenvalue weighted by molar-refractivity contribution is 5.99. The summed E-state index contributed by atoms with van der Waals surface area (Å²) in [6, 6.07) is 14.8. The lowest BCUT2D eigenvalue weighted by molar-refractivity contribution is -0.157. The van der Waals surface area contributed by atoms with E-state index < -0.39 is 23.4 Å². The molecule has 3 aromatic rings. The lowest BCUT2D eigenvalue weighted by Gasteiger charge is -2.29. The molecule has 1 aromatic heterocycles. The third-order valence-corrected chi connectivity index (χ3v) is 5.95. The number of aromatic nitrogens is 1. The van der Waals surface area contributed by atoms with Crippen molar-refractivity contribution in [1.29, 1.82) is 0 Å². The molecule has 6 nitrogen and oxygen atoms in total. The normalized spacial score (nSPS) is 14.9. The lowest BCUT2D eigenvalue weighted by Crippen LogP contribution is -2.28. The Bertz CT molecular complexity index is 1200. The summed E-state index contributed by atoms with van der Waals surface area (Å²) in [5, 5.41) is 4.88. The average molecular weight is 483 g/mol. The van der Waals surface area contributed by atoms with Crippen molar-refractivity contribution in [3.05, 3.63) is 78.0 Å². The van der Waals surface area contributed by atoms with Gasteiger partial charge in [-0.15, -0.1) is 0 Å². The van der Waals surface area contributed by atoms with Crippen LogP contribution >= 0.6 is 0 Å². The number of ether oxygens (including phenoxy) is 1. The summed E-state index contributed by atoms with van der Waals surface area (Å²) >= 11 is 0. The van der Waals surface area contributed by atoms with Crippen molar-refractivity contribution in [2.45, 2.75) is 44.4 Å². The van der Waals surface area contributed by atoms with Gasteiger partial charge in [0.2, 0.25) is 0 Å². The number of amides is 2. The third-order valence-electron chi connectivity index (χ3n) is 5.95. The summed E-state index contributed by atoms with van der Waals surface area (Å²) in [7, 11) is 0. The van der Waals surface area contributed by atoms with Crippen molar-refractivity contribution in [2.75, 3.05) is 10.6 Å². The van der Waals surface area contributed by atoms with E-state index in [1.807, 2.05) is 24.3 Å². The fourth-order valence-electron chi connectivity index (χ4n) is 4.33. The van der Waals surface area contributed by atoms with E-state index in [9.17, 15) is 22.8 Å². The number of esters is 1. The van der Waals surface area contributed by atoms with E-state index >= 15 is 0 Å². The highest BCUT2D eigenvalue weighted by Gasteiger charge is 2.38. The number of hydrogen-bond acceptors (Lipinski definition) is 4. The predicted molar refractivity (Wildman–Crippen MR) is 126 cm³/mol. The Morgan fingerprint density at radius 2 is 1.63 bits per heavy atom. The average Bonchev–Trinajstić information content (AvgIpc) is 3.28. The molecule has 0 radical (unpaired) electrons. The molecule has 0 spiro atoms. The van der Waals surface area contributed by atoms with Crippen LogP contribution in [0, 0.1) is 0 Å². The van der Waals surface area contributed by atoms with Gasteiger partial charge < -0.3 is 10.1 Å². The Hall–Kier alpha value is -3.88. The van der Waals surface area contributed by atoms with Crippen LogP contribution in [-0.4, -0.2) is 17.0 Å². The number of anilines is 2. The quantitative estimate of drug-likeness (QED) is 0.394. The molecule has 1 saturated carbocycles. The van der Waals surface area contributed by atoms with Crippen molar-refractivity contribution in [3.63, 3.8) is 0 Å². The molecule has 1 aliphatic carbocycles. The molecular weight excluding hydrogens is 459 g/mol. The van der Waals surface area contributed by atoms with Crippen molar-refractivity contribution < 1.29 is 27.5 Å². The van der Waals surface area contributed by atoms with Gasteiger partial charge in [0.05, 0.1) is 5.56 Å². The zero-order chi connectivity index (χ0) is 25.1. The zero-order valence-corrected chi connectivity index (χ0v) is 19.0. The van der Waals surface area contributed by atoms with Gasteiger partial charge in [0.15, 0.2) is 0 Å². The predicted octanol–water partition coefficient (Wildman–Crippen LogP) is 6.74. The van der Waals surface area contributed by atoms with Crippen molar-refractivity contribution in [1.82, 2.24) is 4.98 Å². The van der Waals surface area contributed by atoms with E-state index in [-0.39, 0.29) is 17.5 Å². The van der Waals surface area contributed by atoms with E-state index in [0.29, 0.717) is 0 Å². The second-order valence-electron chi connectivity index (χ2n) is 8.46. The van der Waals surface area contributed by atoms with E-state index in [2.05, 4.69) is 15.6 Å². The molecule has 0 aliphatic heterocycles. The minimum Gasteiger partial charge on any atom is -0.454 e. The van der Waals surface area contributed by atoms with Gasteiger partial charge in [-0.2, -0.15) is 13.2 Å². The maximum absolute atomic E-state index is 12.8. The van der Waals surface area contributed by atoms with Gasteiger partial charge in [-0.3, -0.25) is 10.1 Å². The number of urea groups is 1. The monoisotopic (exact) mass is 483 g/mol. The largest absolute Gasteiger partial charge is 0.454 e. The Morgan fingerprint density at radius 3 is 2.23 bits per heavy atom. The zero-order valence-electron chi connectivity index (χ0n) is 19.0. The topological polar surface area (TPSA) is 80.3 Å². The molecule has 0 unspecified atom stereocenters. The van der Waals surface area contributed by atoms with Gasteiger partial charge in [0.25, 0.3) is 0 Å². The number of hydrogen-bond donors (Lipinski definition) is 2. The summed E-state index contributed by atoms with van der Waals surface area (Å²) in [5.74, 6) is -0.0463. The SMILES string of the molecule is CC(=O)OC1(c2ccc(-c3ccc(NC(=O)Nc4cccc(C(F)(F)F)c4)nc3)cc2)CCCC1. The number of carbonyl (C=O) groups excluding carboxylic acids is 2. The van der Waals surface area contributed by atoms with E-state index in [0.717, 1.165) is 54.5 Å². The highest BCUT2D eigenvalue weighted by Crippen LogP contribution is 2.42. The molecule has 2 N–H and O–H groups in total. The first-order chi connectivity index (χ1) is 16.6. The first-order valence-electron chi connectivity index (χ1n) is 11.2. The van der Waals surface area contributed by atoms with Crippen molar-refractivity contribution in [3.8, 4) is 11.1 Å². The summed E-state index contributed by atoms with van der Waals surface area (Å²) in [6.45, 7) is 1.43. The lowest BCUT2D eigenvalue weighted by atomic mass is 9.90. The fourth-order valence-corrected chi connectivity index (χ4v) is 4.33. The number of rotatable bonds is 5. The molecule has 1 heterocycles. The molecule has 1 fully saturated rings. The first-order valence-corrected chi connectivity index (χ1v) is 11.2. The maximum Gasteiger partial charge on any atom is 0.416 e. The summed E-state index contributed by atoms with van der Waals surface area (Å²) in [5.41, 5.74) is 1.28. The van der Waals surface area contributed by atoms with Crippen molar-refractivity contribution in [2.24, 2.45) is 0 Å². The molecule has 9 heteroatoms. The van der Waals surface area contributed by atoms with Crippen molar-refractivity contribution >= 4 is 23.5 Å². The van der Waals surface area contributed by atoms with Crippen LogP contribution in [0.3, 0.4) is 0 Å². The molecule has 0 saturated heterocycles. The Kier molecular flexibility index (Phi) is 6.77. The molecule has 0 bridgehead atoms. The van der Waals surface area contributed by atoms with E-state index in [4.69, 9.17) is 4.74 Å². The van der Waals surface area contributed by atoms with Crippen LogP contribution in [0.1, 0.15) is 43.7 Å². The number of pyridine rings is 1. The third kappa shape index (κ3) is 5.79. The number of alkyl halides is 3. The second kappa shape index (κ2) is 9.77. The summed E-state index contributed by atoms with van der Waals surface area (Å²) in [4.78, 5) is 28.0. The van der Waals surface area contributed by atoms with Gasteiger partial charge in [0.1, 0.15) is 11.4 Å². The molecule has 2 amide bonds. The Morgan fingerprint density at radius 1 is 0.943 bits per heavy atom. The Balaban J connectivity index is 1.41. The van der Waals surface area contributed by atoms with Gasteiger partial charge in [-0.05, 0) is 67.1 Å². The van der Waals surface area contributed by atoms with Crippen LogP contribution in [0.25, 0.3) is 11.1 Å². The molecule has 35 heavy (non-hydrogen) atoms. The number of nitrogens with one attached hydrogen (secondary N) is 2. The number of halogens is 3. The number of benzene rings is 2. The second-order valence-corrected chi connectivity index (χ2v) is 8.46. The summed E-state index contributed by atoms with van der Waals surface area (Å²) in [6.07, 6.45) is 0.713. The van der Waals surface area contributed by atoms with Crippen LogP contribution in [0.5, 0.6) is 0 Å². The fraction of sp³-hybridized carbons (Fsp3) is 0.269. The minimum absolute atomic E-state index is 0.0165. The van der Waals surface area contributed by atoms with E-state index in [1.165, 1.54) is 19.1 Å². The van der Waals surface area contributed by atoms with E-state index in [1.54, 1.807) is 18.3 Å². The molecule has 4 rings (SSSR count). The molecule has 0 atom stereocenters. The molecular formula is C26H24F3N3O3. The summed E-state index contributed by atoms with van der Waals surface area (Å²) < 4.78 is 44.2.